The molecule has 1 aromatic carbocycles. The Bertz CT molecular complexity index is 466. The molecular formula is C15H20N2. The number of hydrogen-bond donors (Lipinski definition) is 1. The van der Waals surface area contributed by atoms with Crippen LogP contribution in [0.5, 0.6) is 0 Å². The number of nitrogens with two attached hydrogens (primary N) is 1. The molecule has 0 spiro atoms. The van der Waals surface area contributed by atoms with E-state index in [1.807, 2.05) is 0 Å². The van der Waals surface area contributed by atoms with Crippen LogP contribution in [-0.2, 0) is 6.42 Å². The summed E-state index contributed by atoms with van der Waals surface area (Å²) in [5.74, 6) is 0.581. The van der Waals surface area contributed by atoms with Crippen LogP contribution in [0.4, 0.5) is 0 Å². The van der Waals surface area contributed by atoms with E-state index in [1.165, 1.54) is 16.9 Å². The van der Waals surface area contributed by atoms with E-state index in [-0.39, 0.29) is 0 Å². The summed E-state index contributed by atoms with van der Waals surface area (Å²) in [6.07, 6.45) is 3.01. The smallest absolute Gasteiger partial charge is 0.0452 e. The summed E-state index contributed by atoms with van der Waals surface area (Å²) in [5.41, 5.74) is 9.47. The predicted octanol–water partition coefficient (Wildman–Crippen LogP) is 3.10. The topological polar surface area (TPSA) is 30.9 Å². The molecule has 2 rings (SSSR count). The van der Waals surface area contributed by atoms with Gasteiger partial charge in [-0.2, -0.15) is 0 Å². The molecule has 1 aromatic heterocycles. The van der Waals surface area contributed by atoms with E-state index in [4.69, 9.17) is 5.73 Å². The molecule has 0 fully saturated rings. The molecular weight excluding hydrogens is 208 g/mol. The fourth-order valence-corrected chi connectivity index (χ4v) is 2.04. The first-order chi connectivity index (χ1) is 8.22. The number of benzene rings is 1. The highest BCUT2D eigenvalue weighted by Gasteiger charge is 2.03. The van der Waals surface area contributed by atoms with Gasteiger partial charge in [0.1, 0.15) is 0 Å². The van der Waals surface area contributed by atoms with Gasteiger partial charge in [-0.25, -0.2) is 0 Å². The van der Waals surface area contributed by atoms with Gasteiger partial charge in [0, 0.05) is 24.0 Å². The Morgan fingerprint density at radius 2 is 1.82 bits per heavy atom. The van der Waals surface area contributed by atoms with Gasteiger partial charge in [0.2, 0.25) is 0 Å². The first-order valence-corrected chi connectivity index (χ1v) is 6.19. The van der Waals surface area contributed by atoms with Crippen LogP contribution in [0, 0.1) is 0 Å². The van der Waals surface area contributed by atoms with Crippen LogP contribution in [0.3, 0.4) is 0 Å². The second-order valence-corrected chi connectivity index (χ2v) is 4.65. The van der Waals surface area contributed by atoms with Gasteiger partial charge in [0.25, 0.3) is 0 Å². The van der Waals surface area contributed by atoms with Crippen molar-refractivity contribution in [3.8, 4) is 5.69 Å². The first-order valence-electron chi connectivity index (χ1n) is 6.19. The molecule has 0 saturated heterocycles. The summed E-state index contributed by atoms with van der Waals surface area (Å²) in [6.45, 7) is 5.11. The number of nitrogens with zero attached hydrogens (tertiary/aromatic N) is 1. The van der Waals surface area contributed by atoms with E-state index in [9.17, 15) is 0 Å². The summed E-state index contributed by atoms with van der Waals surface area (Å²) in [5, 5.41) is 0. The molecule has 17 heavy (non-hydrogen) atoms. The highest BCUT2D eigenvalue weighted by Crippen LogP contribution is 2.18. The minimum atomic E-state index is 0.581. The Labute approximate surface area is 103 Å². The third kappa shape index (κ3) is 2.59. The third-order valence-corrected chi connectivity index (χ3v) is 3.07. The van der Waals surface area contributed by atoms with Gasteiger partial charge in [-0.15, -0.1) is 0 Å². The molecule has 1 heterocycles. The molecule has 2 aromatic rings. The molecule has 0 amide bonds. The highest BCUT2D eigenvalue weighted by atomic mass is 15.0. The maximum Gasteiger partial charge on any atom is 0.0452 e. The van der Waals surface area contributed by atoms with Gasteiger partial charge in [-0.3, -0.25) is 0 Å². The van der Waals surface area contributed by atoms with Crippen LogP contribution >= 0.6 is 0 Å². The van der Waals surface area contributed by atoms with Crippen LogP contribution in [-0.4, -0.2) is 11.1 Å². The fraction of sp³-hybridized carbons (Fsp3) is 0.333. The summed E-state index contributed by atoms with van der Waals surface area (Å²) in [6, 6.07) is 13.0. The van der Waals surface area contributed by atoms with E-state index in [0.717, 1.165) is 6.42 Å². The summed E-state index contributed by atoms with van der Waals surface area (Å²) >= 11 is 0. The van der Waals surface area contributed by atoms with Crippen molar-refractivity contribution in [1.29, 1.82) is 0 Å². The van der Waals surface area contributed by atoms with Crippen molar-refractivity contribution in [3.63, 3.8) is 0 Å². The fourth-order valence-electron chi connectivity index (χ4n) is 2.04. The maximum absolute atomic E-state index is 5.62. The third-order valence-electron chi connectivity index (χ3n) is 3.07. The predicted molar refractivity (Wildman–Crippen MR) is 72.6 cm³/mol. The molecule has 0 bridgehead atoms. The van der Waals surface area contributed by atoms with Crippen molar-refractivity contribution in [2.75, 3.05) is 6.54 Å². The van der Waals surface area contributed by atoms with E-state index >= 15 is 0 Å². The lowest BCUT2D eigenvalue weighted by atomic mass is 10.0. The molecule has 0 radical (unpaired) electrons. The van der Waals surface area contributed by atoms with Crippen LogP contribution in [0.2, 0.25) is 0 Å². The van der Waals surface area contributed by atoms with E-state index in [0.29, 0.717) is 12.5 Å². The average molecular weight is 228 g/mol. The standard InChI is InChI=1S/C15H20N2/c1-12(2)13-5-7-15(8-6-13)17-11-3-4-14(17)9-10-16/h3-8,11-12H,9-10,16H2,1-2H3. The Kier molecular flexibility index (Phi) is 3.64. The molecule has 0 atom stereocenters. The molecule has 0 unspecified atom stereocenters. The Hall–Kier alpha value is -1.54. The Morgan fingerprint density at radius 1 is 1.12 bits per heavy atom. The molecule has 0 saturated carbocycles. The van der Waals surface area contributed by atoms with E-state index < -0.39 is 0 Å². The van der Waals surface area contributed by atoms with Crippen molar-refractivity contribution in [3.05, 3.63) is 53.9 Å². The summed E-state index contributed by atoms with van der Waals surface area (Å²) < 4.78 is 2.21. The van der Waals surface area contributed by atoms with Crippen molar-refractivity contribution in [2.45, 2.75) is 26.2 Å². The molecule has 0 aliphatic carbocycles. The molecule has 2 N–H and O–H groups in total. The quantitative estimate of drug-likeness (QED) is 0.856. The maximum atomic E-state index is 5.62. The first kappa shape index (κ1) is 11.9. The molecule has 0 aliphatic heterocycles. The average Bonchev–Trinajstić information content (AvgIpc) is 2.78. The zero-order valence-electron chi connectivity index (χ0n) is 10.6. The van der Waals surface area contributed by atoms with Gasteiger partial charge in [-0.1, -0.05) is 26.0 Å². The lowest BCUT2D eigenvalue weighted by molar-refractivity contribution is 0.857. The van der Waals surface area contributed by atoms with E-state index in [2.05, 4.69) is 61.0 Å². The largest absolute Gasteiger partial charge is 0.330 e. The van der Waals surface area contributed by atoms with Crippen molar-refractivity contribution in [2.24, 2.45) is 5.73 Å². The van der Waals surface area contributed by atoms with Gasteiger partial charge in [0.05, 0.1) is 0 Å². The number of hydrogen-bond acceptors (Lipinski definition) is 1. The van der Waals surface area contributed by atoms with Gasteiger partial charge >= 0.3 is 0 Å². The van der Waals surface area contributed by atoms with Crippen LogP contribution in [0.1, 0.15) is 31.0 Å². The second kappa shape index (κ2) is 5.19. The SMILES string of the molecule is CC(C)c1ccc(-n2cccc2CCN)cc1. The van der Waals surface area contributed by atoms with Gasteiger partial charge in [0.15, 0.2) is 0 Å². The normalized spacial score (nSPS) is 11.1. The summed E-state index contributed by atoms with van der Waals surface area (Å²) in [4.78, 5) is 0. The monoisotopic (exact) mass is 228 g/mol. The van der Waals surface area contributed by atoms with Crippen molar-refractivity contribution < 1.29 is 0 Å². The van der Waals surface area contributed by atoms with Crippen LogP contribution in [0.15, 0.2) is 42.6 Å². The number of aromatic nitrogens is 1. The second-order valence-electron chi connectivity index (χ2n) is 4.65. The minimum Gasteiger partial charge on any atom is -0.330 e. The van der Waals surface area contributed by atoms with Crippen molar-refractivity contribution in [1.82, 2.24) is 4.57 Å². The Balaban J connectivity index is 2.30. The lowest BCUT2D eigenvalue weighted by Gasteiger charge is -2.11. The van der Waals surface area contributed by atoms with Crippen LogP contribution < -0.4 is 5.73 Å². The minimum absolute atomic E-state index is 0.581. The molecule has 2 nitrogen and oxygen atoms in total. The van der Waals surface area contributed by atoms with Gasteiger partial charge < -0.3 is 10.3 Å². The highest BCUT2D eigenvalue weighted by molar-refractivity contribution is 5.38. The van der Waals surface area contributed by atoms with E-state index in [1.54, 1.807) is 0 Å². The lowest BCUT2D eigenvalue weighted by Crippen LogP contribution is -2.07. The molecule has 0 aliphatic rings. The zero-order chi connectivity index (χ0) is 12.3. The zero-order valence-corrected chi connectivity index (χ0v) is 10.6. The molecule has 90 valence electrons. The van der Waals surface area contributed by atoms with Crippen molar-refractivity contribution >= 4 is 0 Å². The molecule has 2 heteroatoms. The van der Waals surface area contributed by atoms with Gasteiger partial charge in [-0.05, 0) is 42.3 Å². The Morgan fingerprint density at radius 3 is 2.41 bits per heavy atom. The van der Waals surface area contributed by atoms with Crippen LogP contribution in [0.25, 0.3) is 5.69 Å². The number of rotatable bonds is 4. The summed E-state index contributed by atoms with van der Waals surface area (Å²) in [7, 11) is 0.